The first-order valence-electron chi connectivity index (χ1n) is 4.52. The maximum atomic E-state index is 11.3. The van der Waals surface area contributed by atoms with Crippen LogP contribution in [-0.2, 0) is 0 Å². The van der Waals surface area contributed by atoms with Gasteiger partial charge in [-0.25, -0.2) is 9.78 Å². The Morgan fingerprint density at radius 1 is 1.56 bits per heavy atom. The fraction of sp³-hybridized carbons (Fsp3) is 0.333. The van der Waals surface area contributed by atoms with Crippen LogP contribution in [0.2, 0.25) is 10.0 Å². The third-order valence-electron chi connectivity index (χ3n) is 1.70. The highest BCUT2D eigenvalue weighted by Crippen LogP contribution is 2.22. The van der Waals surface area contributed by atoms with Crippen LogP contribution in [-0.4, -0.2) is 28.8 Å². The van der Waals surface area contributed by atoms with E-state index in [1.165, 1.54) is 12.3 Å². The Hall–Kier alpha value is -1.04. The van der Waals surface area contributed by atoms with Crippen molar-refractivity contribution in [2.75, 3.05) is 11.9 Å². The van der Waals surface area contributed by atoms with E-state index in [9.17, 15) is 4.79 Å². The number of hydrogen-bond acceptors (Lipinski definition) is 3. The molecule has 1 rings (SSSR count). The Morgan fingerprint density at radius 2 is 2.25 bits per heavy atom. The van der Waals surface area contributed by atoms with Gasteiger partial charge in [-0.05, 0) is 6.92 Å². The van der Waals surface area contributed by atoms with E-state index < -0.39 is 6.03 Å². The van der Waals surface area contributed by atoms with Gasteiger partial charge in [0.2, 0.25) is 0 Å². The highest BCUT2D eigenvalue weighted by molar-refractivity contribution is 6.42. The SMILES string of the molecule is C[C@@H](CO)NC(=O)Nc1cc(Cl)c(Cl)cn1. The lowest BCUT2D eigenvalue weighted by Crippen LogP contribution is -2.38. The number of amides is 2. The largest absolute Gasteiger partial charge is 0.394 e. The van der Waals surface area contributed by atoms with E-state index in [1.807, 2.05) is 0 Å². The van der Waals surface area contributed by atoms with E-state index in [1.54, 1.807) is 6.92 Å². The van der Waals surface area contributed by atoms with Crippen molar-refractivity contribution in [2.45, 2.75) is 13.0 Å². The molecular weight excluding hydrogens is 253 g/mol. The van der Waals surface area contributed by atoms with Gasteiger partial charge in [0, 0.05) is 12.3 Å². The van der Waals surface area contributed by atoms with Crippen molar-refractivity contribution >= 4 is 35.1 Å². The fourth-order valence-electron chi connectivity index (χ4n) is 0.904. The van der Waals surface area contributed by atoms with E-state index in [2.05, 4.69) is 15.6 Å². The monoisotopic (exact) mass is 263 g/mol. The van der Waals surface area contributed by atoms with Gasteiger partial charge >= 0.3 is 6.03 Å². The van der Waals surface area contributed by atoms with Crippen LogP contribution in [0.3, 0.4) is 0 Å². The number of aromatic nitrogens is 1. The molecule has 0 aliphatic rings. The summed E-state index contributed by atoms with van der Waals surface area (Å²) in [6.45, 7) is 1.53. The standard InChI is InChI=1S/C9H11Cl2N3O2/c1-5(4-15)13-9(16)14-8-2-6(10)7(11)3-12-8/h2-3,5,15H,4H2,1H3,(H2,12,13,14,16)/t5-/m0/s1. The molecule has 1 heterocycles. The lowest BCUT2D eigenvalue weighted by molar-refractivity contribution is 0.229. The molecule has 0 fully saturated rings. The summed E-state index contributed by atoms with van der Waals surface area (Å²) >= 11 is 11.4. The molecule has 1 atom stereocenters. The van der Waals surface area contributed by atoms with Crippen molar-refractivity contribution in [3.63, 3.8) is 0 Å². The molecular formula is C9H11Cl2N3O2. The normalized spacial score (nSPS) is 12.0. The van der Waals surface area contributed by atoms with Crippen LogP contribution in [0.15, 0.2) is 12.3 Å². The number of carbonyl (C=O) groups excluding carboxylic acids is 1. The third-order valence-corrected chi connectivity index (χ3v) is 2.41. The number of urea groups is 1. The molecule has 0 saturated heterocycles. The van der Waals surface area contributed by atoms with Gasteiger partial charge < -0.3 is 10.4 Å². The molecule has 1 aromatic heterocycles. The van der Waals surface area contributed by atoms with Crippen LogP contribution in [0.1, 0.15) is 6.92 Å². The minimum atomic E-state index is -0.465. The lowest BCUT2D eigenvalue weighted by Gasteiger charge is -2.11. The molecule has 7 heteroatoms. The number of hydrogen-bond donors (Lipinski definition) is 3. The molecule has 0 aliphatic heterocycles. The molecule has 0 radical (unpaired) electrons. The average molecular weight is 264 g/mol. The van der Waals surface area contributed by atoms with Crippen molar-refractivity contribution < 1.29 is 9.90 Å². The van der Waals surface area contributed by atoms with Crippen LogP contribution in [0.5, 0.6) is 0 Å². The molecule has 88 valence electrons. The molecule has 0 unspecified atom stereocenters. The highest BCUT2D eigenvalue weighted by atomic mass is 35.5. The van der Waals surface area contributed by atoms with Crippen molar-refractivity contribution in [1.29, 1.82) is 0 Å². The first-order chi connectivity index (χ1) is 7.52. The highest BCUT2D eigenvalue weighted by Gasteiger charge is 2.07. The zero-order chi connectivity index (χ0) is 12.1. The number of nitrogens with zero attached hydrogens (tertiary/aromatic N) is 1. The van der Waals surface area contributed by atoms with Crippen molar-refractivity contribution in [3.05, 3.63) is 22.3 Å². The van der Waals surface area contributed by atoms with Crippen LogP contribution in [0, 0.1) is 0 Å². The number of halogens is 2. The number of carbonyl (C=O) groups is 1. The quantitative estimate of drug-likeness (QED) is 0.780. The van der Waals surface area contributed by atoms with E-state index in [0.29, 0.717) is 10.0 Å². The smallest absolute Gasteiger partial charge is 0.320 e. The van der Waals surface area contributed by atoms with Crippen LogP contribution >= 0.6 is 23.2 Å². The van der Waals surface area contributed by atoms with Crippen molar-refractivity contribution in [3.8, 4) is 0 Å². The zero-order valence-electron chi connectivity index (χ0n) is 8.50. The molecule has 0 saturated carbocycles. The summed E-state index contributed by atoms with van der Waals surface area (Å²) in [6, 6.07) is 0.641. The number of aliphatic hydroxyl groups is 1. The summed E-state index contributed by atoms with van der Waals surface area (Å²) in [4.78, 5) is 15.2. The fourth-order valence-corrected chi connectivity index (χ4v) is 1.16. The van der Waals surface area contributed by atoms with Crippen LogP contribution in [0.25, 0.3) is 0 Å². The summed E-state index contributed by atoms with van der Waals surface area (Å²) in [6.07, 6.45) is 1.34. The Morgan fingerprint density at radius 3 is 2.81 bits per heavy atom. The molecule has 1 aromatic rings. The van der Waals surface area contributed by atoms with E-state index in [4.69, 9.17) is 28.3 Å². The Bertz CT molecular complexity index is 387. The zero-order valence-corrected chi connectivity index (χ0v) is 10.0. The van der Waals surface area contributed by atoms with E-state index >= 15 is 0 Å². The summed E-state index contributed by atoms with van der Waals surface area (Å²) < 4.78 is 0. The maximum Gasteiger partial charge on any atom is 0.320 e. The summed E-state index contributed by atoms with van der Waals surface area (Å²) in [5.74, 6) is 0.289. The Kier molecular flexibility index (Phi) is 4.79. The molecule has 0 aromatic carbocycles. The van der Waals surface area contributed by atoms with Crippen molar-refractivity contribution in [2.24, 2.45) is 0 Å². The van der Waals surface area contributed by atoms with Gasteiger partial charge in [0.15, 0.2) is 0 Å². The second-order valence-corrected chi connectivity index (χ2v) is 3.98. The van der Waals surface area contributed by atoms with Gasteiger partial charge in [0.05, 0.1) is 22.7 Å². The van der Waals surface area contributed by atoms with Gasteiger partial charge in [0.25, 0.3) is 0 Å². The molecule has 3 N–H and O–H groups in total. The number of nitrogens with one attached hydrogen (secondary N) is 2. The second-order valence-electron chi connectivity index (χ2n) is 3.17. The summed E-state index contributed by atoms with van der Waals surface area (Å²) in [5.41, 5.74) is 0. The van der Waals surface area contributed by atoms with Crippen LogP contribution < -0.4 is 10.6 Å². The lowest BCUT2D eigenvalue weighted by atomic mass is 10.4. The van der Waals surface area contributed by atoms with Gasteiger partial charge in [-0.2, -0.15) is 0 Å². The second kappa shape index (κ2) is 5.89. The predicted octanol–water partition coefficient (Wildman–Crippen LogP) is 1.89. The van der Waals surface area contributed by atoms with Crippen LogP contribution in [0.4, 0.5) is 10.6 Å². The Labute approximate surface area is 103 Å². The summed E-state index contributed by atoms with van der Waals surface area (Å²) in [5, 5.41) is 14.3. The third kappa shape index (κ3) is 3.84. The average Bonchev–Trinajstić information content (AvgIpc) is 2.23. The molecule has 0 aliphatic carbocycles. The number of rotatable bonds is 3. The molecule has 2 amide bonds. The van der Waals surface area contributed by atoms with Crippen molar-refractivity contribution in [1.82, 2.24) is 10.3 Å². The molecule has 0 spiro atoms. The minimum absolute atomic E-state index is 0.137. The van der Waals surface area contributed by atoms with Gasteiger partial charge in [0.1, 0.15) is 5.82 Å². The van der Waals surface area contributed by atoms with Gasteiger partial charge in [-0.15, -0.1) is 0 Å². The number of pyridine rings is 1. The van der Waals surface area contributed by atoms with Gasteiger partial charge in [-0.1, -0.05) is 23.2 Å². The molecule has 0 bridgehead atoms. The Balaban J connectivity index is 2.59. The minimum Gasteiger partial charge on any atom is -0.394 e. The summed E-state index contributed by atoms with van der Waals surface area (Å²) in [7, 11) is 0. The first-order valence-corrected chi connectivity index (χ1v) is 5.28. The molecule has 5 nitrogen and oxygen atoms in total. The number of anilines is 1. The first kappa shape index (κ1) is 13.0. The van der Waals surface area contributed by atoms with Gasteiger partial charge in [-0.3, -0.25) is 5.32 Å². The number of aliphatic hydroxyl groups excluding tert-OH is 1. The predicted molar refractivity (Wildman–Crippen MR) is 63.0 cm³/mol. The molecule has 16 heavy (non-hydrogen) atoms. The van der Waals surface area contributed by atoms with E-state index in [-0.39, 0.29) is 18.5 Å². The maximum absolute atomic E-state index is 11.3. The topological polar surface area (TPSA) is 74.2 Å². The van der Waals surface area contributed by atoms with E-state index in [0.717, 1.165) is 0 Å².